The van der Waals surface area contributed by atoms with Gasteiger partial charge in [-0.2, -0.15) is 0 Å². The molecule has 1 aliphatic rings. The van der Waals surface area contributed by atoms with Gasteiger partial charge in [0.05, 0.1) is 0 Å². The van der Waals surface area contributed by atoms with E-state index in [2.05, 4.69) is 11.9 Å². The molecule has 0 saturated heterocycles. The lowest BCUT2D eigenvalue weighted by Gasteiger charge is -2.30. The number of carbonyl (C=O) groups excluding carboxylic acids is 1. The molecule has 0 aliphatic heterocycles. The van der Waals surface area contributed by atoms with E-state index < -0.39 is 11.1 Å². The zero-order valence-electron chi connectivity index (χ0n) is 8.82. The van der Waals surface area contributed by atoms with E-state index >= 15 is 0 Å². The standard InChI is InChI=1S/C10H17NO3S/c1-7(2)10(12)11-8-3-5-9(6-4-8)15(13)14/h8-9H,1,3-6H2,2H3,(H,11,12)(H,13,14)/p-1. The molecule has 0 aromatic carbocycles. The Morgan fingerprint density at radius 2 is 1.93 bits per heavy atom. The van der Waals surface area contributed by atoms with E-state index in [1.165, 1.54) is 0 Å². The van der Waals surface area contributed by atoms with E-state index in [1.54, 1.807) is 6.92 Å². The number of hydrogen-bond donors (Lipinski definition) is 1. The first-order valence-electron chi connectivity index (χ1n) is 5.05. The Morgan fingerprint density at radius 1 is 1.40 bits per heavy atom. The predicted octanol–water partition coefficient (Wildman–Crippen LogP) is 0.869. The zero-order valence-corrected chi connectivity index (χ0v) is 9.64. The van der Waals surface area contributed by atoms with Gasteiger partial charge in [-0.15, -0.1) is 0 Å². The molecule has 15 heavy (non-hydrogen) atoms. The Bertz CT molecular complexity index is 282. The molecule has 1 fully saturated rings. The van der Waals surface area contributed by atoms with Gasteiger partial charge in [-0.05, 0) is 32.6 Å². The van der Waals surface area contributed by atoms with Crippen LogP contribution in [-0.4, -0.2) is 26.0 Å². The lowest BCUT2D eigenvalue weighted by molar-refractivity contribution is -0.118. The fourth-order valence-electron chi connectivity index (χ4n) is 1.71. The third-order valence-electron chi connectivity index (χ3n) is 2.67. The average Bonchev–Trinajstić information content (AvgIpc) is 2.18. The molecular formula is C10H16NO3S-. The highest BCUT2D eigenvalue weighted by Crippen LogP contribution is 2.22. The fourth-order valence-corrected chi connectivity index (χ4v) is 2.37. The molecule has 86 valence electrons. The molecule has 1 amide bonds. The van der Waals surface area contributed by atoms with Crippen LogP contribution in [0.5, 0.6) is 0 Å². The van der Waals surface area contributed by atoms with Crippen LogP contribution in [0, 0.1) is 0 Å². The van der Waals surface area contributed by atoms with Gasteiger partial charge >= 0.3 is 0 Å². The van der Waals surface area contributed by atoms with Crippen molar-refractivity contribution in [1.82, 2.24) is 5.32 Å². The summed E-state index contributed by atoms with van der Waals surface area (Å²) in [7, 11) is 0. The Morgan fingerprint density at radius 3 is 2.33 bits per heavy atom. The Labute approximate surface area is 92.4 Å². The van der Waals surface area contributed by atoms with E-state index in [1.807, 2.05) is 0 Å². The van der Waals surface area contributed by atoms with E-state index in [-0.39, 0.29) is 17.2 Å². The van der Waals surface area contributed by atoms with Crippen LogP contribution in [-0.2, 0) is 15.9 Å². The van der Waals surface area contributed by atoms with Gasteiger partial charge in [0.2, 0.25) is 5.91 Å². The lowest BCUT2D eigenvalue weighted by Crippen LogP contribution is -2.39. The summed E-state index contributed by atoms with van der Waals surface area (Å²) in [5.74, 6) is -0.137. The molecule has 1 saturated carbocycles. The maximum atomic E-state index is 11.3. The summed E-state index contributed by atoms with van der Waals surface area (Å²) in [5.41, 5.74) is 0.490. The van der Waals surface area contributed by atoms with Crippen LogP contribution in [0.15, 0.2) is 12.2 Å². The molecule has 1 rings (SSSR count). The Balaban J connectivity index is 2.35. The Kier molecular flexibility index (Phi) is 4.47. The van der Waals surface area contributed by atoms with E-state index in [9.17, 15) is 13.6 Å². The van der Waals surface area contributed by atoms with Crippen molar-refractivity contribution in [1.29, 1.82) is 0 Å². The van der Waals surface area contributed by atoms with Crippen LogP contribution in [0.3, 0.4) is 0 Å². The van der Waals surface area contributed by atoms with Gasteiger partial charge in [0.25, 0.3) is 0 Å². The summed E-state index contributed by atoms with van der Waals surface area (Å²) in [6, 6.07) is 0.106. The highest BCUT2D eigenvalue weighted by molar-refractivity contribution is 7.79. The molecule has 1 unspecified atom stereocenters. The molecule has 1 N–H and O–H groups in total. The van der Waals surface area contributed by atoms with Crippen LogP contribution in [0.25, 0.3) is 0 Å². The molecule has 0 aromatic rings. The van der Waals surface area contributed by atoms with Gasteiger partial charge in [0, 0.05) is 16.9 Å². The second-order valence-electron chi connectivity index (χ2n) is 3.99. The monoisotopic (exact) mass is 230 g/mol. The van der Waals surface area contributed by atoms with Crippen LogP contribution in [0.1, 0.15) is 32.6 Å². The zero-order chi connectivity index (χ0) is 11.4. The van der Waals surface area contributed by atoms with Crippen LogP contribution >= 0.6 is 0 Å². The molecular weight excluding hydrogens is 214 g/mol. The van der Waals surface area contributed by atoms with Gasteiger partial charge in [-0.3, -0.25) is 9.00 Å². The minimum atomic E-state index is -1.97. The van der Waals surface area contributed by atoms with Gasteiger partial charge in [-0.25, -0.2) is 0 Å². The quantitative estimate of drug-likeness (QED) is 0.577. The van der Waals surface area contributed by atoms with Crippen LogP contribution in [0.4, 0.5) is 0 Å². The second kappa shape index (κ2) is 5.42. The SMILES string of the molecule is C=C(C)C(=O)NC1CCC(S(=O)[O-])CC1. The minimum absolute atomic E-state index is 0.106. The molecule has 0 spiro atoms. The molecule has 0 heterocycles. The molecule has 0 bridgehead atoms. The average molecular weight is 230 g/mol. The number of amides is 1. The van der Waals surface area contributed by atoms with Crippen molar-refractivity contribution in [3.63, 3.8) is 0 Å². The van der Waals surface area contributed by atoms with Crippen molar-refractivity contribution in [3.05, 3.63) is 12.2 Å². The largest absolute Gasteiger partial charge is 0.772 e. The van der Waals surface area contributed by atoms with Gasteiger partial charge in [-0.1, -0.05) is 17.7 Å². The first-order valence-corrected chi connectivity index (χ1v) is 6.19. The number of hydrogen-bond acceptors (Lipinski definition) is 3. The smallest absolute Gasteiger partial charge is 0.246 e. The summed E-state index contributed by atoms with van der Waals surface area (Å²) in [6.45, 7) is 5.21. The summed E-state index contributed by atoms with van der Waals surface area (Å²) in [4.78, 5) is 11.3. The topological polar surface area (TPSA) is 69.2 Å². The molecule has 0 radical (unpaired) electrons. The summed E-state index contributed by atoms with van der Waals surface area (Å²) in [6.07, 6.45) is 2.74. The van der Waals surface area contributed by atoms with Crippen molar-refractivity contribution in [2.75, 3.05) is 0 Å². The number of nitrogens with one attached hydrogen (secondary N) is 1. The summed E-state index contributed by atoms with van der Waals surface area (Å²) in [5, 5.41) is 2.60. The first kappa shape index (κ1) is 12.4. The molecule has 1 atom stereocenters. The summed E-state index contributed by atoms with van der Waals surface area (Å²) >= 11 is -1.97. The van der Waals surface area contributed by atoms with Gasteiger partial charge < -0.3 is 9.87 Å². The normalized spacial score (nSPS) is 28.1. The van der Waals surface area contributed by atoms with Gasteiger partial charge in [0.1, 0.15) is 0 Å². The van der Waals surface area contributed by atoms with Crippen molar-refractivity contribution in [2.45, 2.75) is 43.9 Å². The highest BCUT2D eigenvalue weighted by Gasteiger charge is 2.22. The lowest BCUT2D eigenvalue weighted by atomic mass is 9.95. The molecule has 5 heteroatoms. The fraction of sp³-hybridized carbons (Fsp3) is 0.700. The van der Waals surface area contributed by atoms with E-state index in [0.717, 1.165) is 12.8 Å². The van der Waals surface area contributed by atoms with Crippen molar-refractivity contribution in [2.24, 2.45) is 0 Å². The van der Waals surface area contributed by atoms with Gasteiger partial charge in [0.15, 0.2) is 0 Å². The Hall–Kier alpha value is -0.680. The molecule has 0 aromatic heterocycles. The van der Waals surface area contributed by atoms with Crippen LogP contribution in [0.2, 0.25) is 0 Å². The second-order valence-corrected chi connectivity index (χ2v) is 5.18. The minimum Gasteiger partial charge on any atom is -0.772 e. The van der Waals surface area contributed by atoms with E-state index in [4.69, 9.17) is 0 Å². The number of rotatable bonds is 3. The third-order valence-corrected chi connectivity index (χ3v) is 3.68. The van der Waals surface area contributed by atoms with Crippen LogP contribution < -0.4 is 5.32 Å². The van der Waals surface area contributed by atoms with Crippen molar-refractivity contribution < 1.29 is 13.6 Å². The third kappa shape index (κ3) is 3.76. The maximum absolute atomic E-state index is 11.3. The van der Waals surface area contributed by atoms with Crippen molar-refractivity contribution in [3.8, 4) is 0 Å². The highest BCUT2D eigenvalue weighted by atomic mass is 32.2. The molecule has 4 nitrogen and oxygen atoms in total. The van der Waals surface area contributed by atoms with Crippen molar-refractivity contribution >= 4 is 17.0 Å². The first-order chi connectivity index (χ1) is 7.00. The maximum Gasteiger partial charge on any atom is 0.246 e. The van der Waals surface area contributed by atoms with E-state index in [0.29, 0.717) is 18.4 Å². The molecule has 1 aliphatic carbocycles. The predicted molar refractivity (Wildman–Crippen MR) is 57.9 cm³/mol. The summed E-state index contributed by atoms with van der Waals surface area (Å²) < 4.78 is 21.4. The number of carbonyl (C=O) groups is 1.